The smallest absolute Gasteiger partial charge is 0.221 e. The summed E-state index contributed by atoms with van der Waals surface area (Å²) in [5, 5.41) is 2.50. The molecule has 1 amide bonds. The van der Waals surface area contributed by atoms with Gasteiger partial charge in [-0.05, 0) is 24.6 Å². The minimum Gasteiger partial charge on any atom is -0.495 e. The van der Waals surface area contributed by atoms with Crippen LogP contribution >= 0.6 is 0 Å². The van der Waals surface area contributed by atoms with Crippen molar-refractivity contribution in [2.75, 3.05) is 20.0 Å². The van der Waals surface area contributed by atoms with E-state index in [9.17, 15) is 9.59 Å². The first-order valence-electron chi connectivity index (χ1n) is 7.18. The van der Waals surface area contributed by atoms with Crippen molar-refractivity contribution in [3.8, 4) is 11.5 Å². The number of carbonyl (C=O) groups is 2. The van der Waals surface area contributed by atoms with E-state index in [0.29, 0.717) is 34.2 Å². The number of rotatable bonds is 4. The minimum absolute atomic E-state index is 0.174. The lowest BCUT2D eigenvalue weighted by Gasteiger charge is -2.14. The highest BCUT2D eigenvalue weighted by molar-refractivity contribution is 6.22. The summed E-state index contributed by atoms with van der Waals surface area (Å²) in [6.45, 7) is 3.10. The summed E-state index contributed by atoms with van der Waals surface area (Å²) in [4.78, 5) is 27.7. The molecule has 7 heteroatoms. The first-order valence-corrected chi connectivity index (χ1v) is 7.18. The topological polar surface area (TPSA) is 103 Å². The molecule has 0 saturated carbocycles. The van der Waals surface area contributed by atoms with Gasteiger partial charge >= 0.3 is 0 Å². The lowest BCUT2D eigenvalue weighted by atomic mass is 10.0. The molecule has 1 aliphatic rings. The molecule has 0 aliphatic heterocycles. The summed E-state index contributed by atoms with van der Waals surface area (Å²) in [6.07, 6.45) is 2.95. The van der Waals surface area contributed by atoms with E-state index in [1.165, 1.54) is 33.3 Å². The Morgan fingerprint density at radius 1 is 1.17 bits per heavy atom. The van der Waals surface area contributed by atoms with E-state index in [-0.39, 0.29) is 17.4 Å². The van der Waals surface area contributed by atoms with Gasteiger partial charge in [0.2, 0.25) is 11.7 Å². The molecule has 7 nitrogen and oxygen atoms in total. The van der Waals surface area contributed by atoms with Gasteiger partial charge in [-0.3, -0.25) is 9.59 Å². The van der Waals surface area contributed by atoms with Gasteiger partial charge in [0.1, 0.15) is 17.2 Å². The normalized spacial score (nSPS) is 15.7. The number of benzene rings is 1. The van der Waals surface area contributed by atoms with Crippen LogP contribution in [0, 0.1) is 0 Å². The molecule has 0 aromatic heterocycles. The van der Waals surface area contributed by atoms with Crippen LogP contribution in [0.2, 0.25) is 0 Å². The molecule has 1 aliphatic carbocycles. The largest absolute Gasteiger partial charge is 0.495 e. The molecule has 0 heterocycles. The average molecular weight is 329 g/mol. The summed E-state index contributed by atoms with van der Waals surface area (Å²) < 4.78 is 10.5. The number of nitrogens with one attached hydrogen (secondary N) is 1. The van der Waals surface area contributed by atoms with E-state index in [0.717, 1.165) is 0 Å². The Labute approximate surface area is 139 Å². The molecular formula is C17H19N3O4. The molecule has 0 atom stereocenters. The molecule has 2 rings (SSSR count). The standard InChI is InChI=1S/C17H19N3O4/c1-9-5-15(22)13(19-10(2)21)7-12(9)20-14-8-16(23-3)11(18)6-17(14)24-4/h5-8H,18H2,1-4H3,(H,19,21). The Morgan fingerprint density at radius 2 is 1.83 bits per heavy atom. The molecule has 0 radical (unpaired) electrons. The third-order valence-corrected chi connectivity index (χ3v) is 3.38. The number of ether oxygens (including phenoxy) is 2. The second-order valence-electron chi connectivity index (χ2n) is 5.19. The zero-order chi connectivity index (χ0) is 17.9. The van der Waals surface area contributed by atoms with Crippen LogP contribution in [-0.4, -0.2) is 31.6 Å². The van der Waals surface area contributed by atoms with Crippen LogP contribution in [0.15, 0.2) is 40.5 Å². The number of aliphatic imine (C=N–C) groups is 1. The molecule has 126 valence electrons. The first-order chi connectivity index (χ1) is 11.3. The fourth-order valence-corrected chi connectivity index (χ4v) is 2.20. The van der Waals surface area contributed by atoms with Gasteiger partial charge in [0, 0.05) is 19.1 Å². The number of hydrogen-bond donors (Lipinski definition) is 2. The second-order valence-corrected chi connectivity index (χ2v) is 5.19. The predicted octanol–water partition coefficient (Wildman–Crippen LogP) is 1.91. The summed E-state index contributed by atoms with van der Waals surface area (Å²) in [5.74, 6) is 0.340. The van der Waals surface area contributed by atoms with Crippen LogP contribution in [0.4, 0.5) is 11.4 Å². The lowest BCUT2D eigenvalue weighted by molar-refractivity contribution is -0.120. The number of allylic oxidation sites excluding steroid dienone is 3. The van der Waals surface area contributed by atoms with Crippen LogP contribution in [-0.2, 0) is 9.59 Å². The molecule has 0 bridgehead atoms. The van der Waals surface area contributed by atoms with Crippen molar-refractivity contribution in [1.82, 2.24) is 5.32 Å². The second kappa shape index (κ2) is 6.99. The van der Waals surface area contributed by atoms with E-state index in [2.05, 4.69) is 10.3 Å². The minimum atomic E-state index is -0.325. The Morgan fingerprint density at radius 3 is 2.42 bits per heavy atom. The number of nitrogen functional groups attached to an aromatic ring is 1. The number of amides is 1. The number of methoxy groups -OCH3 is 2. The first kappa shape index (κ1) is 17.3. The van der Waals surface area contributed by atoms with Crippen LogP contribution in [0.5, 0.6) is 11.5 Å². The fraction of sp³-hybridized carbons (Fsp3) is 0.235. The Kier molecular flexibility index (Phi) is 5.03. The molecule has 24 heavy (non-hydrogen) atoms. The van der Waals surface area contributed by atoms with Crippen molar-refractivity contribution in [3.05, 3.63) is 35.6 Å². The summed E-state index contributed by atoms with van der Waals surface area (Å²) >= 11 is 0. The van der Waals surface area contributed by atoms with Crippen molar-refractivity contribution >= 4 is 28.8 Å². The fourth-order valence-electron chi connectivity index (χ4n) is 2.20. The third kappa shape index (κ3) is 3.62. The van der Waals surface area contributed by atoms with Crippen LogP contribution in [0.25, 0.3) is 0 Å². The van der Waals surface area contributed by atoms with Gasteiger partial charge in [-0.15, -0.1) is 0 Å². The molecule has 1 aromatic carbocycles. The van der Waals surface area contributed by atoms with Crippen molar-refractivity contribution in [2.45, 2.75) is 13.8 Å². The molecule has 0 unspecified atom stereocenters. The highest BCUT2D eigenvalue weighted by atomic mass is 16.5. The number of nitrogens with two attached hydrogens (primary N) is 1. The molecule has 0 spiro atoms. The van der Waals surface area contributed by atoms with Gasteiger partial charge in [-0.2, -0.15) is 0 Å². The zero-order valence-electron chi connectivity index (χ0n) is 14.0. The van der Waals surface area contributed by atoms with E-state index < -0.39 is 0 Å². The van der Waals surface area contributed by atoms with Crippen LogP contribution < -0.4 is 20.5 Å². The van der Waals surface area contributed by atoms with E-state index >= 15 is 0 Å². The highest BCUT2D eigenvalue weighted by Gasteiger charge is 2.18. The maximum atomic E-state index is 11.9. The maximum Gasteiger partial charge on any atom is 0.221 e. The monoisotopic (exact) mass is 329 g/mol. The van der Waals surface area contributed by atoms with Gasteiger partial charge in [0.05, 0.1) is 31.3 Å². The quantitative estimate of drug-likeness (QED) is 0.649. The highest BCUT2D eigenvalue weighted by Crippen LogP contribution is 2.37. The number of ketones is 1. The van der Waals surface area contributed by atoms with Crippen LogP contribution in [0.3, 0.4) is 0 Å². The van der Waals surface area contributed by atoms with Gasteiger partial charge < -0.3 is 20.5 Å². The van der Waals surface area contributed by atoms with Crippen molar-refractivity contribution in [2.24, 2.45) is 4.99 Å². The van der Waals surface area contributed by atoms with Gasteiger partial charge in [0.15, 0.2) is 0 Å². The average Bonchev–Trinajstić information content (AvgIpc) is 2.52. The van der Waals surface area contributed by atoms with Gasteiger partial charge in [0.25, 0.3) is 0 Å². The Hall–Kier alpha value is -3.09. The van der Waals surface area contributed by atoms with Gasteiger partial charge in [-0.1, -0.05) is 0 Å². The van der Waals surface area contributed by atoms with Crippen molar-refractivity contribution in [3.63, 3.8) is 0 Å². The molecule has 0 saturated heterocycles. The lowest BCUT2D eigenvalue weighted by Crippen LogP contribution is -2.27. The van der Waals surface area contributed by atoms with Crippen molar-refractivity contribution in [1.29, 1.82) is 0 Å². The number of carbonyl (C=O) groups excluding carboxylic acids is 2. The van der Waals surface area contributed by atoms with E-state index in [4.69, 9.17) is 15.2 Å². The SMILES string of the molecule is COc1cc(N=C2C=C(NC(C)=O)C(=O)C=C2C)c(OC)cc1N. The van der Waals surface area contributed by atoms with Crippen molar-refractivity contribution < 1.29 is 19.1 Å². The number of hydrogen-bond acceptors (Lipinski definition) is 6. The molecule has 3 N–H and O–H groups in total. The van der Waals surface area contributed by atoms with Gasteiger partial charge in [-0.25, -0.2) is 4.99 Å². The third-order valence-electron chi connectivity index (χ3n) is 3.38. The number of anilines is 1. The summed E-state index contributed by atoms with van der Waals surface area (Å²) in [7, 11) is 3.02. The summed E-state index contributed by atoms with van der Waals surface area (Å²) in [6, 6.07) is 3.26. The van der Waals surface area contributed by atoms with E-state index in [1.54, 1.807) is 19.1 Å². The Bertz CT molecular complexity index is 791. The molecule has 0 fully saturated rings. The maximum absolute atomic E-state index is 11.9. The predicted molar refractivity (Wildman–Crippen MR) is 91.7 cm³/mol. The molecular weight excluding hydrogens is 310 g/mol. The van der Waals surface area contributed by atoms with E-state index in [1.807, 2.05) is 0 Å². The molecule has 1 aromatic rings. The van der Waals surface area contributed by atoms with Crippen LogP contribution in [0.1, 0.15) is 13.8 Å². The number of nitrogens with zero attached hydrogens (tertiary/aromatic N) is 1. The summed E-state index contributed by atoms with van der Waals surface area (Å²) in [5.41, 5.74) is 8.17. The Balaban J connectivity index is 2.52. The zero-order valence-corrected chi connectivity index (χ0v) is 14.0.